The number of ether oxygens (including phenoxy) is 2. The fraction of sp³-hybridized carbons (Fsp3) is 0.333. The number of hydrogen-bond donors (Lipinski definition) is 1. The zero-order valence-electron chi connectivity index (χ0n) is 14.5. The van der Waals surface area contributed by atoms with Gasteiger partial charge in [0, 0.05) is 6.54 Å². The molecule has 2 rings (SSSR count). The second-order valence-corrected chi connectivity index (χ2v) is 6.80. The first-order chi connectivity index (χ1) is 12.1. The van der Waals surface area contributed by atoms with Crippen molar-refractivity contribution in [3.8, 4) is 17.2 Å². The lowest BCUT2D eigenvalue weighted by Crippen LogP contribution is -2.21. The minimum absolute atomic E-state index is 0.314. The van der Waals surface area contributed by atoms with Gasteiger partial charge in [-0.3, -0.25) is 9.05 Å². The molecule has 0 aliphatic rings. The number of nitrogens with one attached hydrogen (secondary N) is 1. The summed E-state index contributed by atoms with van der Waals surface area (Å²) in [5.41, 5.74) is 0. The van der Waals surface area contributed by atoms with Gasteiger partial charge in [-0.25, -0.2) is 9.65 Å². The Hall–Kier alpha value is -1.85. The van der Waals surface area contributed by atoms with Crippen molar-refractivity contribution >= 4 is 7.75 Å². The third-order valence-electron chi connectivity index (χ3n) is 3.08. The molecule has 0 atom stereocenters. The highest BCUT2D eigenvalue weighted by Crippen LogP contribution is 2.42. The number of para-hydroxylation sites is 1. The fourth-order valence-corrected chi connectivity index (χ4v) is 3.35. The summed E-state index contributed by atoms with van der Waals surface area (Å²) in [6.45, 7) is 4.84. The van der Waals surface area contributed by atoms with E-state index in [4.69, 9.17) is 18.5 Å². The van der Waals surface area contributed by atoms with Crippen molar-refractivity contribution in [2.45, 2.75) is 13.8 Å². The molecule has 1 N–H and O–H groups in total. The van der Waals surface area contributed by atoms with Crippen molar-refractivity contribution in [3.63, 3.8) is 0 Å². The van der Waals surface area contributed by atoms with Gasteiger partial charge in [-0.2, -0.15) is 0 Å². The number of benzene rings is 2. The Morgan fingerprint density at radius 3 is 2.00 bits per heavy atom. The van der Waals surface area contributed by atoms with E-state index in [0.717, 1.165) is 11.5 Å². The lowest BCUT2D eigenvalue weighted by molar-refractivity contribution is 0.207. The fourth-order valence-electron chi connectivity index (χ4n) is 2.05. The van der Waals surface area contributed by atoms with Crippen molar-refractivity contribution in [3.05, 3.63) is 54.6 Å². The van der Waals surface area contributed by atoms with E-state index in [1.807, 2.05) is 54.6 Å². The molecule has 0 bridgehead atoms. The first-order valence-corrected chi connectivity index (χ1v) is 9.79. The Balaban J connectivity index is 1.77. The first-order valence-electron chi connectivity index (χ1n) is 8.25. The molecular weight excluding hydrogens is 341 g/mol. The van der Waals surface area contributed by atoms with Crippen molar-refractivity contribution in [1.82, 2.24) is 5.09 Å². The zero-order valence-corrected chi connectivity index (χ0v) is 15.4. The molecule has 0 unspecified atom stereocenters. The molecule has 7 heteroatoms. The SMILES string of the molecule is CCOP(=O)(NCCOc1ccc(Oc2ccccc2)cc1)OCC. The topological polar surface area (TPSA) is 66.0 Å². The van der Waals surface area contributed by atoms with Crippen molar-refractivity contribution in [1.29, 1.82) is 0 Å². The van der Waals surface area contributed by atoms with Crippen LogP contribution in [0.4, 0.5) is 0 Å². The highest BCUT2D eigenvalue weighted by molar-refractivity contribution is 7.51. The van der Waals surface area contributed by atoms with Gasteiger partial charge in [0.05, 0.1) is 13.2 Å². The van der Waals surface area contributed by atoms with E-state index >= 15 is 0 Å². The molecule has 0 amide bonds. The van der Waals surface area contributed by atoms with Crippen molar-refractivity contribution in [2.75, 3.05) is 26.4 Å². The third kappa shape index (κ3) is 6.88. The quantitative estimate of drug-likeness (QED) is 0.463. The molecule has 0 saturated carbocycles. The summed E-state index contributed by atoms with van der Waals surface area (Å²) in [5, 5.41) is 2.77. The van der Waals surface area contributed by atoms with Crippen LogP contribution in [0.5, 0.6) is 17.2 Å². The predicted octanol–water partition coefficient (Wildman–Crippen LogP) is 4.63. The van der Waals surface area contributed by atoms with Crippen LogP contribution in [0.15, 0.2) is 54.6 Å². The van der Waals surface area contributed by atoms with Gasteiger partial charge in [0.25, 0.3) is 0 Å². The van der Waals surface area contributed by atoms with Gasteiger partial charge in [-0.15, -0.1) is 0 Å². The second kappa shape index (κ2) is 10.2. The number of rotatable bonds is 11. The Bertz CT molecular complexity index is 653. The van der Waals surface area contributed by atoms with Crippen LogP contribution in [0, 0.1) is 0 Å². The Morgan fingerprint density at radius 2 is 1.40 bits per heavy atom. The molecule has 0 aromatic heterocycles. The number of hydrogen-bond acceptors (Lipinski definition) is 5. The molecule has 2 aromatic rings. The Kier molecular flexibility index (Phi) is 7.95. The van der Waals surface area contributed by atoms with Crippen molar-refractivity contribution in [2.24, 2.45) is 0 Å². The van der Waals surface area contributed by atoms with Gasteiger partial charge in [0.15, 0.2) is 0 Å². The summed E-state index contributed by atoms with van der Waals surface area (Å²) >= 11 is 0. The summed E-state index contributed by atoms with van der Waals surface area (Å²) < 4.78 is 33.8. The summed E-state index contributed by atoms with van der Waals surface area (Å²) in [6, 6.07) is 16.9. The van der Waals surface area contributed by atoms with Crippen LogP contribution < -0.4 is 14.6 Å². The minimum Gasteiger partial charge on any atom is -0.492 e. The third-order valence-corrected chi connectivity index (χ3v) is 4.88. The minimum atomic E-state index is -3.24. The standard InChI is InChI=1S/C18H24NO5P/c1-3-22-25(20,23-4-2)19-14-15-21-16-10-12-18(13-11-16)24-17-8-6-5-7-9-17/h5-13H,3-4,14-15H2,1-2H3,(H,19,20). The van der Waals surface area contributed by atoms with Crippen LogP contribution in [0.3, 0.4) is 0 Å². The molecular formula is C18H24NO5P. The average molecular weight is 365 g/mol. The molecule has 0 fully saturated rings. The monoisotopic (exact) mass is 365 g/mol. The van der Waals surface area contributed by atoms with Crippen LogP contribution in [-0.2, 0) is 13.6 Å². The van der Waals surface area contributed by atoms with Gasteiger partial charge in [0.2, 0.25) is 0 Å². The molecule has 0 aliphatic heterocycles. The lowest BCUT2D eigenvalue weighted by Gasteiger charge is -2.17. The van der Waals surface area contributed by atoms with E-state index in [1.54, 1.807) is 13.8 Å². The maximum atomic E-state index is 12.2. The van der Waals surface area contributed by atoms with Crippen molar-refractivity contribution < 1.29 is 23.1 Å². The highest BCUT2D eigenvalue weighted by Gasteiger charge is 2.22. The molecule has 25 heavy (non-hydrogen) atoms. The Labute approximate surface area is 148 Å². The Morgan fingerprint density at radius 1 is 0.840 bits per heavy atom. The summed E-state index contributed by atoms with van der Waals surface area (Å²) in [7, 11) is -3.24. The molecule has 6 nitrogen and oxygen atoms in total. The van der Waals surface area contributed by atoms with Crippen LogP contribution in [0.2, 0.25) is 0 Å². The summed E-state index contributed by atoms with van der Waals surface area (Å²) in [4.78, 5) is 0. The molecule has 136 valence electrons. The summed E-state index contributed by atoms with van der Waals surface area (Å²) in [5.74, 6) is 2.21. The normalized spacial score (nSPS) is 11.3. The molecule has 2 aromatic carbocycles. The van der Waals surface area contributed by atoms with Gasteiger partial charge >= 0.3 is 7.75 Å². The van der Waals surface area contributed by atoms with E-state index in [0.29, 0.717) is 32.1 Å². The predicted molar refractivity (Wildman–Crippen MR) is 97.3 cm³/mol. The molecule has 0 heterocycles. The van der Waals surface area contributed by atoms with Gasteiger partial charge in [0.1, 0.15) is 23.9 Å². The molecule has 0 aliphatic carbocycles. The van der Waals surface area contributed by atoms with E-state index in [-0.39, 0.29) is 0 Å². The molecule has 0 radical (unpaired) electrons. The highest BCUT2D eigenvalue weighted by atomic mass is 31.2. The zero-order chi connectivity index (χ0) is 18.0. The average Bonchev–Trinajstić information content (AvgIpc) is 2.61. The first kappa shape index (κ1) is 19.5. The van der Waals surface area contributed by atoms with Gasteiger partial charge in [-0.1, -0.05) is 18.2 Å². The van der Waals surface area contributed by atoms with Crippen LogP contribution >= 0.6 is 7.75 Å². The molecule has 0 spiro atoms. The van der Waals surface area contributed by atoms with E-state index < -0.39 is 7.75 Å². The smallest absolute Gasteiger partial charge is 0.405 e. The van der Waals surface area contributed by atoms with Crippen LogP contribution in [0.25, 0.3) is 0 Å². The van der Waals surface area contributed by atoms with Gasteiger partial charge in [-0.05, 0) is 50.2 Å². The largest absolute Gasteiger partial charge is 0.492 e. The maximum absolute atomic E-state index is 12.2. The van der Waals surface area contributed by atoms with E-state index in [9.17, 15) is 4.57 Å². The van der Waals surface area contributed by atoms with E-state index in [2.05, 4.69) is 5.09 Å². The second-order valence-electron chi connectivity index (χ2n) is 4.98. The molecule has 0 saturated heterocycles. The van der Waals surface area contributed by atoms with E-state index in [1.165, 1.54) is 0 Å². The van der Waals surface area contributed by atoms with Gasteiger partial charge < -0.3 is 9.47 Å². The maximum Gasteiger partial charge on any atom is 0.405 e. The van der Waals surface area contributed by atoms with Crippen LogP contribution in [0.1, 0.15) is 13.8 Å². The van der Waals surface area contributed by atoms with Crippen LogP contribution in [-0.4, -0.2) is 26.4 Å². The lowest BCUT2D eigenvalue weighted by atomic mass is 10.3. The summed E-state index contributed by atoms with van der Waals surface area (Å²) in [6.07, 6.45) is 0.